The van der Waals surface area contributed by atoms with Crippen LogP contribution in [0.2, 0.25) is 0 Å². The van der Waals surface area contributed by atoms with E-state index in [1.54, 1.807) is 0 Å². The fourth-order valence-corrected chi connectivity index (χ4v) is 3.77. The molecule has 0 bridgehead atoms. The molecule has 0 N–H and O–H groups in total. The predicted molar refractivity (Wildman–Crippen MR) is 117 cm³/mol. The highest BCUT2D eigenvalue weighted by molar-refractivity contribution is 9.10. The standard InChI is InChI=1S/C21H17BrF9N3O4/c1-4-6-33-14(35)9-13(21(29,30)31)32-18(33)34(16(38-5-2)17(36)37-3)12-8-10(19(23,24)25)7-11(15(12)22)20(26,27)28/h4,7-9,16H,1,5-6H2,2-3H3. The second-order valence-corrected chi connectivity index (χ2v) is 8.02. The Labute approximate surface area is 216 Å². The van der Waals surface area contributed by atoms with E-state index in [0.717, 1.165) is 13.2 Å². The van der Waals surface area contributed by atoms with Gasteiger partial charge in [-0.3, -0.25) is 14.3 Å². The summed E-state index contributed by atoms with van der Waals surface area (Å²) in [5.74, 6) is -2.62. The van der Waals surface area contributed by atoms with Crippen LogP contribution in [0.4, 0.5) is 51.1 Å². The summed E-state index contributed by atoms with van der Waals surface area (Å²) < 4.78 is 132. The van der Waals surface area contributed by atoms with E-state index in [4.69, 9.17) is 4.74 Å². The Morgan fingerprint density at radius 3 is 2.16 bits per heavy atom. The number of carbonyl (C=O) groups excluding carboxylic acids is 1. The zero-order valence-electron chi connectivity index (χ0n) is 19.3. The summed E-state index contributed by atoms with van der Waals surface area (Å²) in [5, 5.41) is 0. The minimum Gasteiger partial charge on any atom is -0.466 e. The lowest BCUT2D eigenvalue weighted by molar-refractivity contribution is -0.153. The van der Waals surface area contributed by atoms with Gasteiger partial charge >= 0.3 is 24.5 Å². The molecule has 38 heavy (non-hydrogen) atoms. The number of nitrogens with zero attached hydrogens (tertiary/aromatic N) is 3. The van der Waals surface area contributed by atoms with Gasteiger partial charge in [0.25, 0.3) is 5.56 Å². The number of methoxy groups -OCH3 is 1. The first-order valence-electron chi connectivity index (χ1n) is 10.1. The Morgan fingerprint density at radius 2 is 1.71 bits per heavy atom. The molecule has 0 fully saturated rings. The van der Waals surface area contributed by atoms with Gasteiger partial charge < -0.3 is 9.47 Å². The molecule has 2 rings (SSSR count). The molecule has 0 saturated heterocycles. The lowest BCUT2D eigenvalue weighted by atomic mass is 10.1. The summed E-state index contributed by atoms with van der Waals surface area (Å²) in [6.07, 6.45) is -17.4. The molecule has 0 aliphatic carbocycles. The summed E-state index contributed by atoms with van der Waals surface area (Å²) in [6.45, 7) is 3.56. The number of halogens is 10. The molecule has 0 spiro atoms. The van der Waals surface area contributed by atoms with Crippen LogP contribution in [0.15, 0.2) is 40.1 Å². The molecular weight excluding hydrogens is 609 g/mol. The van der Waals surface area contributed by atoms with Gasteiger partial charge in [0.2, 0.25) is 12.2 Å². The van der Waals surface area contributed by atoms with Crippen molar-refractivity contribution in [1.29, 1.82) is 0 Å². The van der Waals surface area contributed by atoms with Gasteiger partial charge in [0.05, 0.1) is 28.4 Å². The highest BCUT2D eigenvalue weighted by atomic mass is 79.9. The van der Waals surface area contributed by atoms with E-state index in [1.807, 2.05) is 0 Å². The van der Waals surface area contributed by atoms with Crippen LogP contribution in [0.5, 0.6) is 0 Å². The Balaban J connectivity index is 3.20. The molecule has 1 heterocycles. The van der Waals surface area contributed by atoms with Crippen molar-refractivity contribution in [3.8, 4) is 0 Å². The fraction of sp³-hybridized carbons (Fsp3) is 0.381. The lowest BCUT2D eigenvalue weighted by Gasteiger charge is -2.33. The molecule has 0 saturated carbocycles. The zero-order valence-corrected chi connectivity index (χ0v) is 20.8. The van der Waals surface area contributed by atoms with E-state index in [2.05, 4.69) is 32.2 Å². The summed E-state index contributed by atoms with van der Waals surface area (Å²) in [4.78, 5) is 28.7. The molecule has 0 aliphatic rings. The van der Waals surface area contributed by atoms with Crippen molar-refractivity contribution in [2.45, 2.75) is 38.2 Å². The smallest absolute Gasteiger partial charge is 0.433 e. The van der Waals surface area contributed by atoms with Gasteiger partial charge in [-0.25, -0.2) is 9.78 Å². The Hall–Kier alpha value is -3.08. The molecule has 7 nitrogen and oxygen atoms in total. The second-order valence-electron chi connectivity index (χ2n) is 7.23. The van der Waals surface area contributed by atoms with Crippen molar-refractivity contribution < 1.29 is 53.8 Å². The Morgan fingerprint density at radius 1 is 1.11 bits per heavy atom. The quantitative estimate of drug-likeness (QED) is 0.157. The molecule has 0 radical (unpaired) electrons. The number of ether oxygens (including phenoxy) is 2. The van der Waals surface area contributed by atoms with Crippen molar-refractivity contribution in [2.75, 3.05) is 18.6 Å². The first-order chi connectivity index (χ1) is 17.4. The molecule has 17 heteroatoms. The number of rotatable bonds is 8. The van der Waals surface area contributed by atoms with Gasteiger partial charge in [-0.15, -0.1) is 6.58 Å². The molecule has 1 unspecified atom stereocenters. The SMILES string of the molecule is C=CCn1c(N(c2cc(C(F)(F)F)cc(C(F)(F)F)c2Br)C(OCC)C(=O)OC)nc(C(F)(F)F)cc1=O. The molecule has 210 valence electrons. The molecule has 1 aromatic heterocycles. The number of carbonyl (C=O) groups is 1. The van der Waals surface area contributed by atoms with Crippen LogP contribution in [0.1, 0.15) is 23.7 Å². The van der Waals surface area contributed by atoms with Crippen LogP contribution in [-0.4, -0.2) is 35.5 Å². The number of hydrogen-bond donors (Lipinski definition) is 0. The Bertz CT molecular complexity index is 1260. The number of benzene rings is 1. The van der Waals surface area contributed by atoms with Gasteiger partial charge in [-0.05, 0) is 35.0 Å². The predicted octanol–water partition coefficient (Wildman–Crippen LogP) is 5.92. The van der Waals surface area contributed by atoms with Crippen molar-refractivity contribution in [3.63, 3.8) is 0 Å². The van der Waals surface area contributed by atoms with E-state index < -0.39 is 82.4 Å². The third-order valence-corrected chi connectivity index (χ3v) is 5.55. The summed E-state index contributed by atoms with van der Waals surface area (Å²) >= 11 is 2.55. The van der Waals surface area contributed by atoms with Crippen LogP contribution < -0.4 is 10.5 Å². The maximum Gasteiger partial charge on any atom is 0.433 e. The molecule has 1 aromatic carbocycles. The normalized spacial score (nSPS) is 13.3. The minimum atomic E-state index is -5.41. The zero-order chi connectivity index (χ0) is 29.2. The highest BCUT2D eigenvalue weighted by Crippen LogP contribution is 2.46. The van der Waals surface area contributed by atoms with Crippen molar-refractivity contribution >= 4 is 33.5 Å². The van der Waals surface area contributed by atoms with E-state index in [-0.39, 0.29) is 23.1 Å². The topological polar surface area (TPSA) is 73.7 Å². The number of esters is 1. The third kappa shape index (κ3) is 6.67. The van der Waals surface area contributed by atoms with Gasteiger partial charge in [-0.2, -0.15) is 39.5 Å². The lowest BCUT2D eigenvalue weighted by Crippen LogP contribution is -2.45. The molecule has 1 atom stereocenters. The van der Waals surface area contributed by atoms with Crippen LogP contribution in [0.25, 0.3) is 0 Å². The van der Waals surface area contributed by atoms with Gasteiger partial charge in [0.1, 0.15) is 0 Å². The summed E-state index contributed by atoms with van der Waals surface area (Å²) in [7, 11) is 0.783. The average molecular weight is 626 g/mol. The van der Waals surface area contributed by atoms with Gasteiger partial charge in [0.15, 0.2) is 5.69 Å². The van der Waals surface area contributed by atoms with Crippen LogP contribution in [-0.2, 0) is 39.3 Å². The highest BCUT2D eigenvalue weighted by Gasteiger charge is 2.43. The summed E-state index contributed by atoms with van der Waals surface area (Å²) in [6, 6.07) is -0.0593. The maximum atomic E-state index is 13.7. The number of hydrogen-bond acceptors (Lipinski definition) is 6. The van der Waals surface area contributed by atoms with E-state index in [0.29, 0.717) is 4.57 Å². The summed E-state index contributed by atoms with van der Waals surface area (Å²) in [5.41, 5.74) is -8.18. The van der Waals surface area contributed by atoms with Crippen molar-refractivity contribution in [3.05, 3.63) is 62.5 Å². The fourth-order valence-electron chi connectivity index (χ4n) is 3.12. The number of alkyl halides is 9. The van der Waals surface area contributed by atoms with Gasteiger partial charge in [-0.1, -0.05) is 6.08 Å². The van der Waals surface area contributed by atoms with Gasteiger partial charge in [0, 0.05) is 19.2 Å². The van der Waals surface area contributed by atoms with Crippen molar-refractivity contribution in [1.82, 2.24) is 9.55 Å². The van der Waals surface area contributed by atoms with Crippen LogP contribution >= 0.6 is 15.9 Å². The third-order valence-electron chi connectivity index (χ3n) is 4.71. The molecular formula is C21H17BrF9N3O4. The van der Waals surface area contributed by atoms with Crippen LogP contribution in [0.3, 0.4) is 0 Å². The first kappa shape index (κ1) is 31.1. The van der Waals surface area contributed by atoms with E-state index in [1.165, 1.54) is 6.92 Å². The molecule has 2 aromatic rings. The number of aromatic nitrogens is 2. The largest absolute Gasteiger partial charge is 0.466 e. The average Bonchev–Trinajstić information content (AvgIpc) is 2.78. The van der Waals surface area contributed by atoms with E-state index in [9.17, 15) is 49.1 Å². The van der Waals surface area contributed by atoms with Crippen LogP contribution in [0, 0.1) is 0 Å². The molecule has 0 aliphatic heterocycles. The van der Waals surface area contributed by atoms with E-state index >= 15 is 0 Å². The Kier molecular flexibility index (Phi) is 9.30. The first-order valence-corrected chi connectivity index (χ1v) is 10.9. The van der Waals surface area contributed by atoms with Crippen molar-refractivity contribution in [2.24, 2.45) is 0 Å². The minimum absolute atomic E-state index is 0.0569. The monoisotopic (exact) mass is 625 g/mol. The second kappa shape index (κ2) is 11.3. The molecule has 0 amide bonds. The number of allylic oxidation sites excluding steroid dienone is 1. The maximum absolute atomic E-state index is 13.7. The number of anilines is 2.